The molecule has 1 aromatic carbocycles. The molecule has 26 heavy (non-hydrogen) atoms. The van der Waals surface area contributed by atoms with Crippen LogP contribution in [0.2, 0.25) is 0 Å². The smallest absolute Gasteiger partial charge is 0.321 e. The van der Waals surface area contributed by atoms with Gasteiger partial charge in [-0.1, -0.05) is 5.16 Å². The lowest BCUT2D eigenvalue weighted by molar-refractivity contribution is 0.219. The molecule has 0 unspecified atom stereocenters. The molecule has 1 aliphatic rings. The van der Waals surface area contributed by atoms with Crippen molar-refractivity contribution < 1.29 is 9.32 Å². The van der Waals surface area contributed by atoms with Gasteiger partial charge in [0, 0.05) is 24.4 Å². The quantitative estimate of drug-likeness (QED) is 0.756. The maximum Gasteiger partial charge on any atom is 0.321 e. The molecule has 0 bridgehead atoms. The second-order valence-electron chi connectivity index (χ2n) is 6.47. The Kier molecular flexibility index (Phi) is 4.11. The maximum atomic E-state index is 12.3. The van der Waals surface area contributed by atoms with Crippen molar-refractivity contribution in [1.29, 1.82) is 0 Å². The van der Waals surface area contributed by atoms with Gasteiger partial charge in [0.05, 0.1) is 12.6 Å². The number of aromatic nitrogens is 5. The molecule has 0 radical (unpaired) electrons. The molecular formula is C17H19N7O2. The molecular weight excluding hydrogens is 334 g/mol. The highest BCUT2D eigenvalue weighted by Crippen LogP contribution is 2.36. The number of anilines is 1. The van der Waals surface area contributed by atoms with Gasteiger partial charge >= 0.3 is 6.03 Å². The van der Waals surface area contributed by atoms with E-state index in [1.807, 2.05) is 41.9 Å². The fourth-order valence-corrected chi connectivity index (χ4v) is 2.68. The van der Waals surface area contributed by atoms with E-state index in [-0.39, 0.29) is 6.03 Å². The average Bonchev–Trinajstić information content (AvgIpc) is 3.22. The van der Waals surface area contributed by atoms with E-state index in [0.717, 1.165) is 30.0 Å². The van der Waals surface area contributed by atoms with Crippen LogP contribution in [0, 0.1) is 6.92 Å². The fourth-order valence-electron chi connectivity index (χ4n) is 2.68. The Morgan fingerprint density at radius 1 is 1.35 bits per heavy atom. The summed E-state index contributed by atoms with van der Waals surface area (Å²) in [7, 11) is 1.71. The van der Waals surface area contributed by atoms with Gasteiger partial charge in [-0.15, -0.1) is 5.10 Å². The number of rotatable bonds is 5. The third-order valence-corrected chi connectivity index (χ3v) is 4.20. The highest BCUT2D eigenvalue weighted by molar-refractivity contribution is 5.89. The molecule has 1 saturated carbocycles. The first kappa shape index (κ1) is 16.2. The van der Waals surface area contributed by atoms with Crippen LogP contribution in [0.3, 0.4) is 0 Å². The number of amides is 2. The molecule has 9 heteroatoms. The molecule has 9 nitrogen and oxygen atoms in total. The van der Waals surface area contributed by atoms with Crippen LogP contribution in [0.15, 0.2) is 34.9 Å². The van der Waals surface area contributed by atoms with Gasteiger partial charge in [-0.25, -0.2) is 9.48 Å². The zero-order valence-electron chi connectivity index (χ0n) is 14.6. The first-order valence-electron chi connectivity index (χ1n) is 8.43. The molecule has 1 N–H and O–H groups in total. The van der Waals surface area contributed by atoms with Crippen molar-refractivity contribution in [3.8, 4) is 11.4 Å². The van der Waals surface area contributed by atoms with Gasteiger partial charge in [-0.3, -0.25) is 0 Å². The maximum absolute atomic E-state index is 12.3. The van der Waals surface area contributed by atoms with Crippen LogP contribution < -0.4 is 5.32 Å². The number of tetrazole rings is 1. The Morgan fingerprint density at radius 3 is 2.77 bits per heavy atom. The SMILES string of the molecule is Cc1cc(CN(C)C(=O)Nc2ccc(-c3nnnn3C3CC3)cc2)no1. The molecule has 0 saturated heterocycles. The molecule has 0 aliphatic heterocycles. The van der Waals surface area contributed by atoms with Crippen LogP contribution in [0.25, 0.3) is 11.4 Å². The number of hydrogen-bond donors (Lipinski definition) is 1. The van der Waals surface area contributed by atoms with Gasteiger partial charge in [-0.2, -0.15) is 0 Å². The van der Waals surface area contributed by atoms with Gasteiger partial charge in [0.2, 0.25) is 0 Å². The number of benzene rings is 1. The van der Waals surface area contributed by atoms with Crippen molar-refractivity contribution >= 4 is 11.7 Å². The van der Waals surface area contributed by atoms with Crippen molar-refractivity contribution in [3.05, 3.63) is 41.8 Å². The van der Waals surface area contributed by atoms with Crippen LogP contribution in [-0.2, 0) is 6.54 Å². The van der Waals surface area contributed by atoms with Gasteiger partial charge in [0.1, 0.15) is 11.5 Å². The third kappa shape index (κ3) is 3.41. The van der Waals surface area contributed by atoms with Gasteiger partial charge in [0.15, 0.2) is 5.82 Å². The van der Waals surface area contributed by atoms with Crippen LogP contribution >= 0.6 is 0 Å². The summed E-state index contributed by atoms with van der Waals surface area (Å²) in [4.78, 5) is 13.8. The molecule has 0 spiro atoms. The van der Waals surface area contributed by atoms with Gasteiger partial charge in [-0.05, 0) is 54.5 Å². The number of aryl methyl sites for hydroxylation is 1. The predicted octanol–water partition coefficient (Wildman–Crippen LogP) is 2.64. The van der Waals surface area contributed by atoms with Crippen LogP contribution in [0.4, 0.5) is 10.5 Å². The van der Waals surface area contributed by atoms with Crippen molar-refractivity contribution in [2.45, 2.75) is 32.4 Å². The standard InChI is InChI=1S/C17H19N7O2/c1-11-9-14(20-26-11)10-23(2)17(25)18-13-5-3-12(4-6-13)16-19-21-22-24(16)15-7-8-15/h3-6,9,15H,7-8,10H2,1-2H3,(H,18,25). The van der Waals surface area contributed by atoms with Crippen molar-refractivity contribution in [3.63, 3.8) is 0 Å². The second kappa shape index (κ2) is 6.58. The summed E-state index contributed by atoms with van der Waals surface area (Å²) >= 11 is 0. The zero-order valence-corrected chi connectivity index (χ0v) is 14.6. The van der Waals surface area contributed by atoms with E-state index in [1.165, 1.54) is 0 Å². The summed E-state index contributed by atoms with van der Waals surface area (Å²) in [5.41, 5.74) is 2.33. The predicted molar refractivity (Wildman–Crippen MR) is 93.2 cm³/mol. The number of nitrogens with one attached hydrogen (secondary N) is 1. The number of carbonyl (C=O) groups is 1. The zero-order chi connectivity index (χ0) is 18.1. The molecule has 1 fully saturated rings. The Balaban J connectivity index is 1.40. The number of carbonyl (C=O) groups excluding carboxylic acids is 1. The minimum atomic E-state index is -0.221. The molecule has 4 rings (SSSR count). The molecule has 3 aromatic rings. The molecule has 1 aliphatic carbocycles. The first-order valence-corrected chi connectivity index (χ1v) is 8.43. The Labute approximate surface area is 150 Å². The second-order valence-corrected chi connectivity index (χ2v) is 6.47. The Morgan fingerprint density at radius 2 is 2.12 bits per heavy atom. The number of hydrogen-bond acceptors (Lipinski definition) is 6. The summed E-state index contributed by atoms with van der Waals surface area (Å²) in [6.45, 7) is 2.19. The van der Waals surface area contributed by atoms with Crippen LogP contribution in [0.5, 0.6) is 0 Å². The highest BCUT2D eigenvalue weighted by atomic mass is 16.5. The molecule has 0 atom stereocenters. The summed E-state index contributed by atoms with van der Waals surface area (Å²) in [5.74, 6) is 1.47. The van der Waals surface area contributed by atoms with Gasteiger partial charge < -0.3 is 14.7 Å². The van der Waals surface area contributed by atoms with Crippen molar-refractivity contribution in [2.24, 2.45) is 0 Å². The van der Waals surface area contributed by atoms with E-state index in [4.69, 9.17) is 4.52 Å². The van der Waals surface area contributed by atoms with E-state index in [1.54, 1.807) is 11.9 Å². The lowest BCUT2D eigenvalue weighted by Gasteiger charge is -2.16. The molecule has 2 heterocycles. The summed E-state index contributed by atoms with van der Waals surface area (Å²) in [6, 6.07) is 9.49. The minimum absolute atomic E-state index is 0.221. The number of nitrogens with zero attached hydrogens (tertiary/aromatic N) is 6. The van der Waals surface area contributed by atoms with E-state index in [0.29, 0.717) is 24.0 Å². The van der Waals surface area contributed by atoms with Crippen LogP contribution in [0.1, 0.15) is 30.3 Å². The topological polar surface area (TPSA) is 102 Å². The lowest BCUT2D eigenvalue weighted by atomic mass is 10.2. The van der Waals surface area contributed by atoms with Crippen molar-refractivity contribution in [1.82, 2.24) is 30.3 Å². The normalized spacial score (nSPS) is 13.6. The van der Waals surface area contributed by atoms with E-state index in [9.17, 15) is 4.79 Å². The van der Waals surface area contributed by atoms with Gasteiger partial charge in [0.25, 0.3) is 0 Å². The highest BCUT2D eigenvalue weighted by Gasteiger charge is 2.28. The lowest BCUT2D eigenvalue weighted by Crippen LogP contribution is -2.30. The number of urea groups is 1. The van der Waals surface area contributed by atoms with E-state index in [2.05, 4.69) is 26.0 Å². The summed E-state index contributed by atoms with van der Waals surface area (Å²) < 4.78 is 6.88. The van der Waals surface area contributed by atoms with E-state index >= 15 is 0 Å². The molecule has 134 valence electrons. The van der Waals surface area contributed by atoms with Crippen LogP contribution in [-0.4, -0.2) is 43.3 Å². The Bertz CT molecular complexity index is 911. The summed E-state index contributed by atoms with van der Waals surface area (Å²) in [5, 5.41) is 18.7. The Hall–Kier alpha value is -3.23. The van der Waals surface area contributed by atoms with E-state index < -0.39 is 0 Å². The molecule has 2 amide bonds. The first-order chi connectivity index (χ1) is 12.6. The average molecular weight is 353 g/mol. The fraction of sp³-hybridized carbons (Fsp3) is 0.353. The largest absolute Gasteiger partial charge is 0.361 e. The summed E-state index contributed by atoms with van der Waals surface area (Å²) in [6.07, 6.45) is 2.23. The molecule has 2 aromatic heterocycles. The monoisotopic (exact) mass is 353 g/mol. The van der Waals surface area contributed by atoms with Crippen molar-refractivity contribution in [2.75, 3.05) is 12.4 Å². The minimum Gasteiger partial charge on any atom is -0.361 e. The third-order valence-electron chi connectivity index (χ3n) is 4.20.